The Bertz CT molecular complexity index is 876. The maximum atomic E-state index is 14.3. The van der Waals surface area contributed by atoms with Crippen molar-refractivity contribution < 1.29 is 18.4 Å². The first-order valence-corrected chi connectivity index (χ1v) is 11.0. The zero-order chi connectivity index (χ0) is 21.7. The van der Waals surface area contributed by atoms with Crippen LogP contribution in [0.15, 0.2) is 35.8 Å². The van der Waals surface area contributed by atoms with Gasteiger partial charge < -0.3 is 16.0 Å². The number of dihydropyridines is 1. The molecule has 9 heteroatoms. The third kappa shape index (κ3) is 7.03. The fourth-order valence-electron chi connectivity index (χ4n) is 2.99. The van der Waals surface area contributed by atoms with Gasteiger partial charge in [-0.15, -0.1) is 0 Å². The summed E-state index contributed by atoms with van der Waals surface area (Å²) in [5.74, 6) is -0.228. The SMILES string of the molecule is CC(F)(I)CCCc1ncc(CNC(=O)C2=CCNC(NC(=O)C3CC3)=C2)cc1F. The van der Waals surface area contributed by atoms with Crippen LogP contribution < -0.4 is 16.0 Å². The molecule has 2 aliphatic rings. The van der Waals surface area contributed by atoms with Crippen molar-refractivity contribution in [3.63, 3.8) is 0 Å². The molecule has 1 saturated carbocycles. The normalized spacial score (nSPS) is 17.9. The molecule has 1 atom stereocenters. The minimum atomic E-state index is -1.31. The molecule has 1 aromatic heterocycles. The lowest BCUT2D eigenvalue weighted by molar-refractivity contribution is -0.121. The molecule has 2 heterocycles. The van der Waals surface area contributed by atoms with Gasteiger partial charge in [0.05, 0.1) is 5.69 Å². The number of carbonyl (C=O) groups excluding carboxylic acids is 2. The van der Waals surface area contributed by atoms with Crippen LogP contribution in [0, 0.1) is 11.7 Å². The molecule has 1 aliphatic carbocycles. The molecule has 2 amide bonds. The number of aryl methyl sites for hydroxylation is 1. The van der Waals surface area contributed by atoms with Gasteiger partial charge in [-0.2, -0.15) is 0 Å². The molecule has 3 N–H and O–H groups in total. The van der Waals surface area contributed by atoms with Crippen LogP contribution in [0.5, 0.6) is 0 Å². The Labute approximate surface area is 188 Å². The Kier molecular flexibility index (Phi) is 7.43. The summed E-state index contributed by atoms with van der Waals surface area (Å²) in [4.78, 5) is 28.4. The lowest BCUT2D eigenvalue weighted by Gasteiger charge is -2.17. The molecular weight excluding hydrogens is 505 g/mol. The van der Waals surface area contributed by atoms with Gasteiger partial charge >= 0.3 is 0 Å². The summed E-state index contributed by atoms with van der Waals surface area (Å²) in [5.41, 5.74) is 1.26. The molecule has 0 bridgehead atoms. The monoisotopic (exact) mass is 530 g/mol. The van der Waals surface area contributed by atoms with Crippen molar-refractivity contribution in [2.45, 2.75) is 49.2 Å². The second-order valence-corrected chi connectivity index (χ2v) is 9.99. The van der Waals surface area contributed by atoms with E-state index in [0.29, 0.717) is 48.5 Å². The van der Waals surface area contributed by atoms with E-state index in [4.69, 9.17) is 0 Å². The van der Waals surface area contributed by atoms with Gasteiger partial charge in [0, 0.05) is 30.8 Å². The summed E-state index contributed by atoms with van der Waals surface area (Å²) >= 11 is 1.73. The molecule has 1 unspecified atom stereocenters. The van der Waals surface area contributed by atoms with E-state index in [2.05, 4.69) is 20.9 Å². The number of pyridine rings is 1. The highest BCUT2D eigenvalue weighted by molar-refractivity contribution is 14.1. The maximum Gasteiger partial charge on any atom is 0.251 e. The van der Waals surface area contributed by atoms with Gasteiger partial charge in [-0.05, 0) is 79.3 Å². The molecule has 0 radical (unpaired) electrons. The Morgan fingerprint density at radius 2 is 2.17 bits per heavy atom. The van der Waals surface area contributed by atoms with Crippen LogP contribution in [-0.4, -0.2) is 27.0 Å². The minimum absolute atomic E-state index is 0.0355. The molecule has 162 valence electrons. The number of rotatable bonds is 9. The predicted molar refractivity (Wildman–Crippen MR) is 118 cm³/mol. The van der Waals surface area contributed by atoms with E-state index in [1.54, 1.807) is 34.7 Å². The van der Waals surface area contributed by atoms with Crippen LogP contribution in [0.3, 0.4) is 0 Å². The smallest absolute Gasteiger partial charge is 0.251 e. The zero-order valence-electron chi connectivity index (χ0n) is 16.7. The standard InChI is InChI=1S/C21H25F2IN4O2/c1-21(23,24)7-2-3-17-16(22)9-13(11-26-17)12-27-19(29)15-6-8-25-18(10-15)28-20(30)14-4-5-14/h6,9-11,14,25H,2-5,7-8,12H2,1H3,(H,27,29)(H,28,30). The summed E-state index contributed by atoms with van der Waals surface area (Å²) in [7, 11) is 0. The van der Waals surface area contributed by atoms with E-state index in [1.807, 2.05) is 0 Å². The van der Waals surface area contributed by atoms with Crippen molar-refractivity contribution in [3.05, 3.63) is 52.9 Å². The molecule has 1 aromatic rings. The number of halogens is 3. The second-order valence-electron chi connectivity index (χ2n) is 7.74. The average Bonchev–Trinajstić information content (AvgIpc) is 3.52. The number of nitrogens with zero attached hydrogens (tertiary/aromatic N) is 1. The molecule has 0 aromatic carbocycles. The Morgan fingerprint density at radius 3 is 2.83 bits per heavy atom. The van der Waals surface area contributed by atoms with Crippen LogP contribution in [-0.2, 0) is 22.6 Å². The van der Waals surface area contributed by atoms with Gasteiger partial charge in [-0.3, -0.25) is 14.6 Å². The highest BCUT2D eigenvalue weighted by Gasteiger charge is 2.30. The van der Waals surface area contributed by atoms with Gasteiger partial charge in [0.25, 0.3) is 5.91 Å². The number of hydrogen-bond acceptors (Lipinski definition) is 4. The molecule has 6 nitrogen and oxygen atoms in total. The molecular formula is C21H25F2IN4O2. The van der Waals surface area contributed by atoms with Crippen molar-refractivity contribution in [1.82, 2.24) is 20.9 Å². The largest absolute Gasteiger partial charge is 0.368 e. The molecule has 30 heavy (non-hydrogen) atoms. The first-order chi connectivity index (χ1) is 14.2. The van der Waals surface area contributed by atoms with Gasteiger partial charge in [-0.1, -0.05) is 6.08 Å². The molecule has 3 rings (SSSR count). The summed E-state index contributed by atoms with van der Waals surface area (Å²) < 4.78 is 26.5. The number of hydrogen-bond donors (Lipinski definition) is 3. The lowest BCUT2D eigenvalue weighted by atomic mass is 10.1. The quantitative estimate of drug-likeness (QED) is 0.339. The van der Waals surface area contributed by atoms with Crippen molar-refractivity contribution in [2.24, 2.45) is 5.92 Å². The average molecular weight is 530 g/mol. The molecule has 0 spiro atoms. The first-order valence-electron chi connectivity index (χ1n) is 9.97. The Balaban J connectivity index is 1.50. The topological polar surface area (TPSA) is 83.1 Å². The van der Waals surface area contributed by atoms with Gasteiger partial charge in [-0.25, -0.2) is 8.78 Å². The van der Waals surface area contributed by atoms with Gasteiger partial charge in [0.2, 0.25) is 5.91 Å². The predicted octanol–water partition coefficient (Wildman–Crippen LogP) is 3.18. The molecule has 1 fully saturated rings. The van der Waals surface area contributed by atoms with E-state index in [0.717, 1.165) is 12.8 Å². The second kappa shape index (κ2) is 9.84. The van der Waals surface area contributed by atoms with E-state index >= 15 is 0 Å². The zero-order valence-corrected chi connectivity index (χ0v) is 18.9. The summed E-state index contributed by atoms with van der Waals surface area (Å²) in [5, 5.41) is 8.54. The van der Waals surface area contributed by atoms with Crippen LogP contribution >= 0.6 is 22.6 Å². The summed E-state index contributed by atoms with van der Waals surface area (Å²) in [6.07, 6.45) is 7.82. The van der Waals surface area contributed by atoms with Gasteiger partial charge in [0.1, 0.15) is 11.6 Å². The highest BCUT2D eigenvalue weighted by Crippen LogP contribution is 2.29. The molecule has 0 saturated heterocycles. The van der Waals surface area contributed by atoms with E-state index in [-0.39, 0.29) is 24.3 Å². The van der Waals surface area contributed by atoms with Crippen molar-refractivity contribution in [3.8, 4) is 0 Å². The number of alkyl halides is 2. The highest BCUT2D eigenvalue weighted by atomic mass is 127. The number of carbonyl (C=O) groups is 2. The van der Waals surface area contributed by atoms with Gasteiger partial charge in [0.15, 0.2) is 3.68 Å². The van der Waals surface area contributed by atoms with E-state index in [1.165, 1.54) is 19.2 Å². The number of aromatic nitrogens is 1. The van der Waals surface area contributed by atoms with Crippen molar-refractivity contribution >= 4 is 34.4 Å². The fourth-order valence-corrected chi connectivity index (χ4v) is 3.37. The van der Waals surface area contributed by atoms with Crippen LogP contribution in [0.4, 0.5) is 8.78 Å². The van der Waals surface area contributed by atoms with Crippen LogP contribution in [0.2, 0.25) is 0 Å². The van der Waals surface area contributed by atoms with Crippen LogP contribution in [0.25, 0.3) is 0 Å². The first kappa shape index (κ1) is 22.6. The van der Waals surface area contributed by atoms with Crippen molar-refractivity contribution in [1.29, 1.82) is 0 Å². The molecule has 1 aliphatic heterocycles. The summed E-state index contributed by atoms with van der Waals surface area (Å²) in [6.45, 7) is 2.04. The number of nitrogens with one attached hydrogen (secondary N) is 3. The van der Waals surface area contributed by atoms with E-state index < -0.39 is 9.49 Å². The fraction of sp³-hybridized carbons (Fsp3) is 0.476. The van der Waals surface area contributed by atoms with E-state index in [9.17, 15) is 18.4 Å². The maximum absolute atomic E-state index is 14.3. The third-order valence-corrected chi connectivity index (χ3v) is 5.38. The Hall–Kier alpha value is -2.04. The summed E-state index contributed by atoms with van der Waals surface area (Å²) in [6, 6.07) is 1.34. The Morgan fingerprint density at radius 1 is 1.40 bits per heavy atom. The third-order valence-electron chi connectivity index (χ3n) is 4.84. The minimum Gasteiger partial charge on any atom is -0.368 e. The van der Waals surface area contributed by atoms with Crippen LogP contribution in [0.1, 0.15) is 43.9 Å². The lowest BCUT2D eigenvalue weighted by Crippen LogP contribution is -2.36. The van der Waals surface area contributed by atoms with Crippen molar-refractivity contribution in [2.75, 3.05) is 6.54 Å². The number of amides is 2.